The smallest absolute Gasteiger partial charge is 0.295 e. The molecule has 9 heteroatoms. The van der Waals surface area contributed by atoms with E-state index in [1.807, 2.05) is 18.5 Å². The molecule has 3 aliphatic rings. The van der Waals surface area contributed by atoms with Crippen molar-refractivity contribution in [1.82, 2.24) is 25.2 Å². The summed E-state index contributed by atoms with van der Waals surface area (Å²) >= 11 is 0. The van der Waals surface area contributed by atoms with Crippen molar-refractivity contribution < 1.29 is 19.2 Å². The summed E-state index contributed by atoms with van der Waals surface area (Å²) in [5.41, 5.74) is 4.01. The Labute approximate surface area is 207 Å². The van der Waals surface area contributed by atoms with E-state index in [0.29, 0.717) is 6.54 Å². The number of aromatic nitrogens is 1. The molecule has 4 heterocycles. The summed E-state index contributed by atoms with van der Waals surface area (Å²) < 4.78 is 0. The normalized spacial score (nSPS) is 18.5. The number of amides is 5. The zero-order chi connectivity index (χ0) is 24.8. The van der Waals surface area contributed by atoms with Gasteiger partial charge in [-0.05, 0) is 46.7 Å². The van der Waals surface area contributed by atoms with E-state index in [9.17, 15) is 19.2 Å². The van der Waals surface area contributed by atoms with E-state index in [1.54, 1.807) is 12.1 Å². The highest BCUT2D eigenvalue weighted by molar-refractivity contribution is 6.22. The lowest BCUT2D eigenvalue weighted by molar-refractivity contribution is -0.122. The molecule has 0 atom stereocenters. The number of nitrogens with one attached hydrogen (secondary N) is 1. The average Bonchev–Trinajstić information content (AvgIpc) is 3.13. The first-order chi connectivity index (χ1) is 17.5. The van der Waals surface area contributed by atoms with E-state index in [2.05, 4.69) is 45.5 Å². The molecule has 6 rings (SSSR count). The van der Waals surface area contributed by atoms with Gasteiger partial charge in [0.1, 0.15) is 0 Å². The van der Waals surface area contributed by atoms with Gasteiger partial charge in [0, 0.05) is 43.8 Å². The SMILES string of the molecule is O=C1CCN(N2C(=O)c3ccc(CN4CC=C(c5cccc6cnccc56)CC4)cc3C2=O)C(=O)N1. The van der Waals surface area contributed by atoms with Gasteiger partial charge in [0.15, 0.2) is 0 Å². The summed E-state index contributed by atoms with van der Waals surface area (Å²) in [7, 11) is 0. The third-order valence-electron chi connectivity index (χ3n) is 6.93. The van der Waals surface area contributed by atoms with E-state index in [1.165, 1.54) is 16.5 Å². The van der Waals surface area contributed by atoms with Crippen molar-refractivity contribution in [2.45, 2.75) is 19.4 Å². The third-order valence-corrected chi connectivity index (χ3v) is 6.93. The minimum atomic E-state index is -0.764. The van der Waals surface area contributed by atoms with Gasteiger partial charge < -0.3 is 0 Å². The predicted molar refractivity (Wildman–Crippen MR) is 131 cm³/mol. The molecule has 36 heavy (non-hydrogen) atoms. The van der Waals surface area contributed by atoms with Gasteiger partial charge in [0.25, 0.3) is 11.8 Å². The molecule has 0 unspecified atom stereocenters. The van der Waals surface area contributed by atoms with Gasteiger partial charge in [-0.25, -0.2) is 9.80 Å². The quantitative estimate of drug-likeness (QED) is 0.575. The first-order valence-corrected chi connectivity index (χ1v) is 11.9. The van der Waals surface area contributed by atoms with E-state index >= 15 is 0 Å². The van der Waals surface area contributed by atoms with Gasteiger partial charge in [-0.1, -0.05) is 30.3 Å². The summed E-state index contributed by atoms with van der Waals surface area (Å²) in [6.45, 7) is 2.26. The number of fused-ring (bicyclic) bond motifs is 2. The number of nitrogens with zero attached hydrogens (tertiary/aromatic N) is 4. The molecule has 1 N–H and O–H groups in total. The zero-order valence-corrected chi connectivity index (χ0v) is 19.4. The predicted octanol–water partition coefficient (Wildman–Crippen LogP) is 2.98. The van der Waals surface area contributed by atoms with Gasteiger partial charge >= 0.3 is 6.03 Å². The average molecular weight is 482 g/mol. The Kier molecular flexibility index (Phi) is 5.34. The van der Waals surface area contributed by atoms with Crippen molar-refractivity contribution >= 4 is 40.1 Å². The Hall–Kier alpha value is -4.37. The van der Waals surface area contributed by atoms with Crippen molar-refractivity contribution in [3.8, 4) is 0 Å². The number of imide groups is 2. The molecule has 9 nitrogen and oxygen atoms in total. The van der Waals surface area contributed by atoms with E-state index < -0.39 is 23.8 Å². The molecule has 1 fully saturated rings. The van der Waals surface area contributed by atoms with Crippen LogP contribution in [0.15, 0.2) is 60.9 Å². The second-order valence-electron chi connectivity index (χ2n) is 9.15. The highest BCUT2D eigenvalue weighted by Crippen LogP contribution is 2.30. The van der Waals surface area contributed by atoms with Crippen LogP contribution in [-0.4, -0.2) is 63.3 Å². The van der Waals surface area contributed by atoms with Gasteiger partial charge in [-0.15, -0.1) is 0 Å². The molecular weight excluding hydrogens is 458 g/mol. The summed E-state index contributed by atoms with van der Waals surface area (Å²) in [6, 6.07) is 12.8. The van der Waals surface area contributed by atoms with Gasteiger partial charge in [0.05, 0.1) is 17.7 Å². The summed E-state index contributed by atoms with van der Waals surface area (Å²) in [6.07, 6.45) is 6.89. The van der Waals surface area contributed by atoms with Crippen LogP contribution in [-0.2, 0) is 11.3 Å². The van der Waals surface area contributed by atoms with Crippen LogP contribution in [0.2, 0.25) is 0 Å². The van der Waals surface area contributed by atoms with Crippen LogP contribution in [0.1, 0.15) is 44.7 Å². The molecule has 2 aromatic carbocycles. The van der Waals surface area contributed by atoms with Gasteiger partial charge in [0.2, 0.25) is 5.91 Å². The second kappa shape index (κ2) is 8.69. The van der Waals surface area contributed by atoms with Crippen molar-refractivity contribution in [2.75, 3.05) is 19.6 Å². The second-order valence-corrected chi connectivity index (χ2v) is 9.15. The molecular formula is C27H23N5O4. The monoisotopic (exact) mass is 481 g/mol. The van der Waals surface area contributed by atoms with E-state index in [0.717, 1.165) is 40.5 Å². The number of carbonyl (C=O) groups excluding carboxylic acids is 4. The molecule has 0 spiro atoms. The number of rotatable bonds is 4. The van der Waals surface area contributed by atoms with E-state index in [-0.39, 0.29) is 24.1 Å². The molecule has 0 saturated carbocycles. The van der Waals surface area contributed by atoms with Crippen LogP contribution in [0, 0.1) is 0 Å². The largest absolute Gasteiger partial charge is 0.343 e. The molecule has 0 aliphatic carbocycles. The number of hydrogen-bond donors (Lipinski definition) is 1. The van der Waals surface area contributed by atoms with Gasteiger partial charge in [-0.3, -0.25) is 29.6 Å². The summed E-state index contributed by atoms with van der Waals surface area (Å²) in [5, 5.41) is 6.32. The fourth-order valence-corrected chi connectivity index (χ4v) is 5.10. The molecule has 3 aromatic rings. The molecule has 3 aliphatic heterocycles. The summed E-state index contributed by atoms with van der Waals surface area (Å²) in [5.74, 6) is -1.53. The first kappa shape index (κ1) is 22.1. The van der Waals surface area contributed by atoms with E-state index in [4.69, 9.17) is 0 Å². The standard InChI is InChI=1S/C27H23N5O4/c33-24-9-13-31(27(36)29-24)32-25(34)22-5-4-17(14-23(22)26(32)35)16-30-11-7-18(8-12-30)20-3-1-2-19-15-28-10-6-21(19)20/h1-7,10,14-15H,8-9,11-13,16H2,(H,29,33,36). The van der Waals surface area contributed by atoms with Crippen LogP contribution >= 0.6 is 0 Å². The van der Waals surface area contributed by atoms with Crippen LogP contribution in [0.5, 0.6) is 0 Å². The Balaban J connectivity index is 1.18. The lowest BCUT2D eigenvalue weighted by Crippen LogP contribution is -2.58. The van der Waals surface area contributed by atoms with Crippen LogP contribution < -0.4 is 5.32 Å². The maximum Gasteiger partial charge on any atom is 0.343 e. The maximum atomic E-state index is 13.1. The number of hydrazine groups is 1. The number of pyridine rings is 1. The van der Waals surface area contributed by atoms with Crippen LogP contribution in [0.3, 0.4) is 0 Å². The maximum absolute atomic E-state index is 13.1. The highest BCUT2D eigenvalue weighted by atomic mass is 16.2. The molecule has 180 valence electrons. The van der Waals surface area contributed by atoms with Crippen molar-refractivity contribution in [1.29, 1.82) is 0 Å². The number of benzene rings is 2. The van der Waals surface area contributed by atoms with Gasteiger partial charge in [-0.2, -0.15) is 5.01 Å². The third kappa shape index (κ3) is 3.74. The fourth-order valence-electron chi connectivity index (χ4n) is 5.10. The summed E-state index contributed by atoms with van der Waals surface area (Å²) in [4.78, 5) is 56.1. The lowest BCUT2D eigenvalue weighted by atomic mass is 9.95. The Bertz CT molecular complexity index is 1470. The van der Waals surface area contributed by atoms with Crippen LogP contribution in [0.25, 0.3) is 16.3 Å². The number of carbonyl (C=O) groups is 4. The number of hydrogen-bond acceptors (Lipinski definition) is 6. The number of urea groups is 1. The highest BCUT2D eigenvalue weighted by Gasteiger charge is 2.43. The molecule has 5 amide bonds. The Morgan fingerprint density at radius 1 is 0.889 bits per heavy atom. The fraction of sp³-hybridized carbons (Fsp3) is 0.222. The Morgan fingerprint density at radius 2 is 1.75 bits per heavy atom. The minimum absolute atomic E-state index is 0.0152. The topological polar surface area (TPSA) is 103 Å². The molecule has 0 radical (unpaired) electrons. The Morgan fingerprint density at radius 3 is 2.56 bits per heavy atom. The van der Waals surface area contributed by atoms with Crippen LogP contribution in [0.4, 0.5) is 4.79 Å². The molecule has 1 aromatic heterocycles. The first-order valence-electron chi connectivity index (χ1n) is 11.9. The van der Waals surface area contributed by atoms with Crippen molar-refractivity contribution in [3.63, 3.8) is 0 Å². The lowest BCUT2D eigenvalue weighted by Gasteiger charge is -2.32. The molecule has 0 bridgehead atoms. The van der Waals surface area contributed by atoms with Crippen molar-refractivity contribution in [3.05, 3.63) is 83.2 Å². The van der Waals surface area contributed by atoms with Crippen molar-refractivity contribution in [2.24, 2.45) is 0 Å². The zero-order valence-electron chi connectivity index (χ0n) is 19.4. The molecule has 1 saturated heterocycles. The minimum Gasteiger partial charge on any atom is -0.295 e.